The first kappa shape index (κ1) is 16.1. The minimum Gasteiger partial charge on any atom is -0.467 e. The van der Waals surface area contributed by atoms with Gasteiger partial charge in [0.05, 0.1) is 12.8 Å². The second-order valence-corrected chi connectivity index (χ2v) is 7.81. The molecule has 2 heterocycles. The van der Waals surface area contributed by atoms with E-state index in [0.29, 0.717) is 6.01 Å². The number of rotatable bonds is 2. The van der Waals surface area contributed by atoms with Crippen molar-refractivity contribution in [2.75, 3.05) is 38.2 Å². The first-order chi connectivity index (χ1) is 12.8. The van der Waals surface area contributed by atoms with Gasteiger partial charge in [0.1, 0.15) is 5.82 Å². The third-order valence-corrected chi connectivity index (χ3v) is 6.47. The van der Waals surface area contributed by atoms with Gasteiger partial charge >= 0.3 is 6.01 Å². The van der Waals surface area contributed by atoms with Crippen molar-refractivity contribution in [3.8, 4) is 6.01 Å². The van der Waals surface area contributed by atoms with Gasteiger partial charge in [0.25, 0.3) is 0 Å². The summed E-state index contributed by atoms with van der Waals surface area (Å²) in [6.45, 7) is 4.03. The van der Waals surface area contributed by atoms with Crippen LogP contribution in [0.25, 0.3) is 0 Å². The number of nitrogens with one attached hydrogen (secondary N) is 1. The largest absolute Gasteiger partial charge is 0.467 e. The molecule has 1 saturated heterocycles. The van der Waals surface area contributed by atoms with Gasteiger partial charge in [-0.05, 0) is 43.2 Å². The number of nitrogens with zero attached hydrogens (tertiary/aromatic N) is 3. The van der Waals surface area contributed by atoms with Gasteiger partial charge in [-0.25, -0.2) is 0 Å². The number of piperazine rings is 1. The van der Waals surface area contributed by atoms with Crippen LogP contribution >= 0.6 is 0 Å². The number of aromatic nitrogens is 2. The monoisotopic (exact) mass is 350 g/mol. The highest BCUT2D eigenvalue weighted by Crippen LogP contribution is 2.48. The molecule has 1 atom stereocenters. The molecular weight excluding hydrogens is 324 g/mol. The lowest BCUT2D eigenvalue weighted by Gasteiger charge is -2.38. The summed E-state index contributed by atoms with van der Waals surface area (Å²) in [4.78, 5) is 12.0. The summed E-state index contributed by atoms with van der Waals surface area (Å²) < 4.78 is 5.47. The summed E-state index contributed by atoms with van der Waals surface area (Å²) in [5.41, 5.74) is 5.88. The van der Waals surface area contributed by atoms with E-state index in [1.807, 2.05) is 0 Å². The summed E-state index contributed by atoms with van der Waals surface area (Å²) in [7, 11) is 1.67. The Bertz CT molecular complexity index is 831. The summed E-state index contributed by atoms with van der Waals surface area (Å²) >= 11 is 0. The van der Waals surface area contributed by atoms with Gasteiger partial charge in [0.2, 0.25) is 0 Å². The predicted molar refractivity (Wildman–Crippen MR) is 102 cm³/mol. The molecule has 0 saturated carbocycles. The Morgan fingerprint density at radius 1 is 1.08 bits per heavy atom. The van der Waals surface area contributed by atoms with E-state index in [0.717, 1.165) is 44.8 Å². The van der Waals surface area contributed by atoms with E-state index in [9.17, 15) is 0 Å². The fourth-order valence-electron chi connectivity index (χ4n) is 5.11. The highest BCUT2D eigenvalue weighted by atomic mass is 16.5. The lowest BCUT2D eigenvalue weighted by Crippen LogP contribution is -2.45. The lowest BCUT2D eigenvalue weighted by molar-refractivity contribution is 0.346. The van der Waals surface area contributed by atoms with E-state index >= 15 is 0 Å². The van der Waals surface area contributed by atoms with Crippen LogP contribution in [0.3, 0.4) is 0 Å². The van der Waals surface area contributed by atoms with Crippen molar-refractivity contribution in [2.24, 2.45) is 0 Å². The third-order valence-electron chi connectivity index (χ3n) is 6.47. The second-order valence-electron chi connectivity index (χ2n) is 7.81. The van der Waals surface area contributed by atoms with Crippen molar-refractivity contribution in [1.82, 2.24) is 15.3 Å². The zero-order valence-corrected chi connectivity index (χ0v) is 15.4. The fourth-order valence-corrected chi connectivity index (χ4v) is 5.11. The number of aryl methyl sites for hydroxylation is 1. The van der Waals surface area contributed by atoms with Gasteiger partial charge in [-0.2, -0.15) is 9.97 Å². The van der Waals surface area contributed by atoms with Gasteiger partial charge in [-0.1, -0.05) is 24.3 Å². The molecule has 2 aliphatic carbocycles. The molecule has 26 heavy (non-hydrogen) atoms. The third kappa shape index (κ3) is 2.49. The maximum absolute atomic E-state index is 5.47. The van der Waals surface area contributed by atoms with Gasteiger partial charge in [-0.15, -0.1) is 0 Å². The smallest absolute Gasteiger partial charge is 0.318 e. The highest BCUT2D eigenvalue weighted by Gasteiger charge is 2.42. The van der Waals surface area contributed by atoms with E-state index in [4.69, 9.17) is 14.7 Å². The van der Waals surface area contributed by atoms with Crippen molar-refractivity contribution in [2.45, 2.75) is 37.5 Å². The first-order valence-corrected chi connectivity index (χ1v) is 9.77. The van der Waals surface area contributed by atoms with E-state index < -0.39 is 0 Å². The van der Waals surface area contributed by atoms with Crippen LogP contribution in [-0.2, 0) is 24.7 Å². The number of hydrogen-bond donors (Lipinski definition) is 1. The number of anilines is 1. The fraction of sp³-hybridized carbons (Fsp3) is 0.524. The predicted octanol–water partition coefficient (Wildman–Crippen LogP) is 2.27. The molecule has 1 N–H and O–H groups in total. The molecule has 1 unspecified atom stereocenters. The summed E-state index contributed by atoms with van der Waals surface area (Å²) in [5.74, 6) is 1.11. The highest BCUT2D eigenvalue weighted by molar-refractivity contribution is 5.54. The van der Waals surface area contributed by atoms with Gasteiger partial charge in [0, 0.05) is 37.2 Å². The Balaban J connectivity index is 1.56. The van der Waals surface area contributed by atoms with Crippen molar-refractivity contribution in [3.63, 3.8) is 0 Å². The standard InChI is InChI=1S/C21H26N4O/c1-26-20-23-18-14-21(8-6-15-4-2-3-5-17(15)21)9-7-16(18)19(24-20)25-12-10-22-11-13-25/h2-5,22H,6-14H2,1H3. The van der Waals surface area contributed by atoms with Crippen LogP contribution in [0.4, 0.5) is 5.82 Å². The van der Waals surface area contributed by atoms with Crippen LogP contribution in [0.5, 0.6) is 6.01 Å². The maximum Gasteiger partial charge on any atom is 0.318 e. The Morgan fingerprint density at radius 2 is 1.88 bits per heavy atom. The Morgan fingerprint density at radius 3 is 2.73 bits per heavy atom. The Labute approximate surface area is 154 Å². The number of fused-ring (bicyclic) bond motifs is 3. The topological polar surface area (TPSA) is 50.3 Å². The van der Waals surface area contributed by atoms with Gasteiger partial charge in [0.15, 0.2) is 0 Å². The molecule has 5 nitrogen and oxygen atoms in total. The van der Waals surface area contributed by atoms with E-state index in [1.54, 1.807) is 12.7 Å². The molecule has 1 aromatic carbocycles. The molecule has 0 radical (unpaired) electrons. The van der Waals surface area contributed by atoms with Gasteiger partial charge in [-0.3, -0.25) is 0 Å². The van der Waals surface area contributed by atoms with Crippen molar-refractivity contribution < 1.29 is 4.74 Å². The van der Waals surface area contributed by atoms with Crippen LogP contribution in [-0.4, -0.2) is 43.3 Å². The van der Waals surface area contributed by atoms with E-state index in [1.165, 1.54) is 36.1 Å². The average Bonchev–Trinajstić information content (AvgIpc) is 3.06. The summed E-state index contributed by atoms with van der Waals surface area (Å²) in [6.07, 6.45) is 5.70. The molecule has 3 aliphatic rings. The van der Waals surface area contributed by atoms with Crippen molar-refractivity contribution in [1.29, 1.82) is 0 Å². The van der Waals surface area contributed by atoms with Crippen LogP contribution in [0.15, 0.2) is 24.3 Å². The molecule has 5 rings (SSSR count). The van der Waals surface area contributed by atoms with Crippen LogP contribution in [0.1, 0.15) is 35.2 Å². The average molecular weight is 350 g/mol. The van der Waals surface area contributed by atoms with Crippen molar-refractivity contribution in [3.05, 3.63) is 46.6 Å². The van der Waals surface area contributed by atoms with Gasteiger partial charge < -0.3 is 15.0 Å². The normalized spacial score (nSPS) is 24.4. The minimum atomic E-state index is 0.254. The first-order valence-electron chi connectivity index (χ1n) is 9.77. The maximum atomic E-state index is 5.47. The summed E-state index contributed by atoms with van der Waals surface area (Å²) in [5, 5.41) is 3.43. The molecule has 1 spiro atoms. The molecule has 0 amide bonds. The Hall–Kier alpha value is -2.14. The molecule has 5 heteroatoms. The minimum absolute atomic E-state index is 0.254. The molecule has 0 bridgehead atoms. The molecule has 136 valence electrons. The summed E-state index contributed by atoms with van der Waals surface area (Å²) in [6, 6.07) is 9.51. The molecular formula is C21H26N4O. The zero-order valence-electron chi connectivity index (χ0n) is 15.4. The number of ether oxygens (including phenoxy) is 1. The van der Waals surface area contributed by atoms with E-state index in [2.05, 4.69) is 34.5 Å². The molecule has 1 fully saturated rings. The molecule has 1 aromatic heterocycles. The number of hydrogen-bond acceptors (Lipinski definition) is 5. The van der Waals surface area contributed by atoms with Crippen LogP contribution in [0.2, 0.25) is 0 Å². The zero-order chi connectivity index (χ0) is 17.6. The Kier molecular flexibility index (Phi) is 3.85. The van der Waals surface area contributed by atoms with Crippen LogP contribution in [0, 0.1) is 0 Å². The van der Waals surface area contributed by atoms with E-state index in [-0.39, 0.29) is 5.41 Å². The number of methoxy groups -OCH3 is 1. The SMILES string of the molecule is COc1nc2c(c(N3CCNCC3)n1)CCC1(CCc3ccccc31)C2. The molecule has 1 aliphatic heterocycles. The van der Waals surface area contributed by atoms with Crippen LogP contribution < -0.4 is 15.0 Å². The number of benzene rings is 1. The molecule has 2 aromatic rings. The quantitative estimate of drug-likeness (QED) is 0.900. The van der Waals surface area contributed by atoms with Crippen molar-refractivity contribution >= 4 is 5.82 Å². The lowest BCUT2D eigenvalue weighted by atomic mass is 9.69. The second kappa shape index (κ2) is 6.23.